The summed E-state index contributed by atoms with van der Waals surface area (Å²) in [6.45, 7) is 2.00. The van der Waals surface area contributed by atoms with Crippen molar-refractivity contribution >= 4 is 5.91 Å². The standard InChI is InChI=1S/C9H15N3O2/c1-7(11-9(13)6-14-3)8-4-10-12(2)5-8/h4-5,7H,6H2,1-3H3,(H,11,13). The van der Waals surface area contributed by atoms with Crippen LogP contribution in [0.4, 0.5) is 0 Å². The molecule has 1 atom stereocenters. The number of aromatic nitrogens is 2. The summed E-state index contributed by atoms with van der Waals surface area (Å²) in [4.78, 5) is 11.2. The molecular formula is C9H15N3O2. The summed E-state index contributed by atoms with van der Waals surface area (Å²) in [5, 5.41) is 6.82. The molecule has 0 bridgehead atoms. The van der Waals surface area contributed by atoms with E-state index in [-0.39, 0.29) is 18.6 Å². The first kappa shape index (κ1) is 10.7. The van der Waals surface area contributed by atoms with Gasteiger partial charge in [-0.1, -0.05) is 0 Å². The van der Waals surface area contributed by atoms with E-state index in [1.54, 1.807) is 10.9 Å². The molecule has 1 heterocycles. The van der Waals surface area contributed by atoms with E-state index in [0.29, 0.717) is 0 Å². The van der Waals surface area contributed by atoms with Gasteiger partial charge in [0.1, 0.15) is 6.61 Å². The van der Waals surface area contributed by atoms with Gasteiger partial charge in [-0.05, 0) is 6.92 Å². The second kappa shape index (κ2) is 4.76. The first-order valence-electron chi connectivity index (χ1n) is 4.40. The van der Waals surface area contributed by atoms with Crippen LogP contribution in [-0.4, -0.2) is 29.4 Å². The minimum atomic E-state index is -0.121. The number of carbonyl (C=O) groups excluding carboxylic acids is 1. The van der Waals surface area contributed by atoms with Gasteiger partial charge >= 0.3 is 0 Å². The van der Waals surface area contributed by atoms with E-state index in [0.717, 1.165) is 5.56 Å². The summed E-state index contributed by atoms with van der Waals surface area (Å²) in [5.74, 6) is -0.121. The second-order valence-electron chi connectivity index (χ2n) is 3.17. The number of hydrogen-bond donors (Lipinski definition) is 1. The molecule has 1 N–H and O–H groups in total. The molecule has 0 saturated heterocycles. The van der Waals surface area contributed by atoms with Crippen LogP contribution in [0.3, 0.4) is 0 Å². The Morgan fingerprint density at radius 1 is 1.79 bits per heavy atom. The van der Waals surface area contributed by atoms with E-state index < -0.39 is 0 Å². The molecule has 1 aromatic rings. The van der Waals surface area contributed by atoms with Crippen LogP contribution >= 0.6 is 0 Å². The molecule has 0 radical (unpaired) electrons. The third-order valence-corrected chi connectivity index (χ3v) is 1.88. The zero-order valence-electron chi connectivity index (χ0n) is 8.65. The van der Waals surface area contributed by atoms with Crippen LogP contribution in [0.5, 0.6) is 0 Å². The summed E-state index contributed by atoms with van der Waals surface area (Å²) in [6.07, 6.45) is 3.61. The predicted molar refractivity (Wildman–Crippen MR) is 51.6 cm³/mol. The highest BCUT2D eigenvalue weighted by atomic mass is 16.5. The van der Waals surface area contributed by atoms with E-state index in [2.05, 4.69) is 10.4 Å². The zero-order chi connectivity index (χ0) is 10.6. The lowest BCUT2D eigenvalue weighted by molar-refractivity contribution is -0.125. The maximum atomic E-state index is 11.2. The smallest absolute Gasteiger partial charge is 0.246 e. The first-order chi connectivity index (χ1) is 6.63. The van der Waals surface area contributed by atoms with Gasteiger partial charge in [0.2, 0.25) is 5.91 Å². The average Bonchev–Trinajstić information content (AvgIpc) is 2.52. The SMILES string of the molecule is COCC(=O)NC(C)c1cnn(C)c1. The fraction of sp³-hybridized carbons (Fsp3) is 0.556. The lowest BCUT2D eigenvalue weighted by atomic mass is 10.2. The van der Waals surface area contributed by atoms with Gasteiger partial charge in [-0.25, -0.2) is 0 Å². The number of amides is 1. The largest absolute Gasteiger partial charge is 0.375 e. The second-order valence-corrected chi connectivity index (χ2v) is 3.17. The number of nitrogens with one attached hydrogen (secondary N) is 1. The van der Waals surface area contributed by atoms with E-state index in [1.807, 2.05) is 20.2 Å². The zero-order valence-corrected chi connectivity index (χ0v) is 8.65. The molecule has 0 aliphatic heterocycles. The van der Waals surface area contributed by atoms with E-state index in [9.17, 15) is 4.79 Å². The molecule has 0 spiro atoms. The Balaban J connectivity index is 2.50. The highest BCUT2D eigenvalue weighted by molar-refractivity contribution is 5.77. The lowest BCUT2D eigenvalue weighted by Crippen LogP contribution is -2.29. The van der Waals surface area contributed by atoms with Gasteiger partial charge in [-0.3, -0.25) is 9.48 Å². The van der Waals surface area contributed by atoms with E-state index in [4.69, 9.17) is 4.74 Å². The van der Waals surface area contributed by atoms with Crippen LogP contribution in [0, 0.1) is 0 Å². The van der Waals surface area contributed by atoms with Crippen LogP contribution in [-0.2, 0) is 16.6 Å². The van der Waals surface area contributed by atoms with Crippen molar-refractivity contribution in [2.24, 2.45) is 7.05 Å². The van der Waals surface area contributed by atoms with Gasteiger partial charge in [-0.2, -0.15) is 5.10 Å². The van der Waals surface area contributed by atoms with E-state index in [1.165, 1.54) is 7.11 Å². The quantitative estimate of drug-likeness (QED) is 0.752. The number of aryl methyl sites for hydroxylation is 1. The fourth-order valence-corrected chi connectivity index (χ4v) is 1.16. The Morgan fingerprint density at radius 3 is 3.00 bits per heavy atom. The van der Waals surface area contributed by atoms with Gasteiger partial charge in [0, 0.05) is 25.9 Å². The van der Waals surface area contributed by atoms with Gasteiger partial charge in [0.15, 0.2) is 0 Å². The summed E-state index contributed by atoms with van der Waals surface area (Å²) < 4.78 is 6.42. The molecule has 0 aliphatic rings. The average molecular weight is 197 g/mol. The molecule has 1 amide bonds. The summed E-state index contributed by atoms with van der Waals surface area (Å²) in [5.41, 5.74) is 0.983. The van der Waals surface area contributed by atoms with Crippen molar-refractivity contribution in [1.82, 2.24) is 15.1 Å². The maximum absolute atomic E-state index is 11.2. The highest BCUT2D eigenvalue weighted by Crippen LogP contribution is 2.09. The molecule has 0 aliphatic carbocycles. The molecular weight excluding hydrogens is 182 g/mol. The van der Waals surface area contributed by atoms with Gasteiger partial charge < -0.3 is 10.1 Å². The Bertz CT molecular complexity index is 309. The number of carbonyl (C=O) groups is 1. The monoisotopic (exact) mass is 197 g/mol. The van der Waals surface area contributed by atoms with Gasteiger partial charge in [0.05, 0.1) is 12.2 Å². The topological polar surface area (TPSA) is 56.1 Å². The number of hydrogen-bond acceptors (Lipinski definition) is 3. The number of methoxy groups -OCH3 is 1. The predicted octanol–water partition coefficient (Wildman–Crippen LogP) is 0.244. The van der Waals surface area contributed by atoms with Crippen molar-refractivity contribution in [3.05, 3.63) is 18.0 Å². The van der Waals surface area contributed by atoms with Crippen molar-refractivity contribution in [2.45, 2.75) is 13.0 Å². The minimum Gasteiger partial charge on any atom is -0.375 e. The van der Waals surface area contributed by atoms with Crippen molar-refractivity contribution in [1.29, 1.82) is 0 Å². The van der Waals surface area contributed by atoms with Crippen LogP contribution in [0.2, 0.25) is 0 Å². The number of rotatable bonds is 4. The maximum Gasteiger partial charge on any atom is 0.246 e. The highest BCUT2D eigenvalue weighted by Gasteiger charge is 2.10. The molecule has 5 nitrogen and oxygen atoms in total. The molecule has 78 valence electrons. The molecule has 1 unspecified atom stereocenters. The fourth-order valence-electron chi connectivity index (χ4n) is 1.16. The van der Waals surface area contributed by atoms with Crippen molar-refractivity contribution in [2.75, 3.05) is 13.7 Å². The van der Waals surface area contributed by atoms with E-state index >= 15 is 0 Å². The molecule has 0 fully saturated rings. The molecule has 0 saturated carbocycles. The number of nitrogens with zero attached hydrogens (tertiary/aromatic N) is 2. The van der Waals surface area contributed by atoms with Crippen LogP contribution in [0.1, 0.15) is 18.5 Å². The third kappa shape index (κ3) is 2.85. The van der Waals surface area contributed by atoms with Crippen LogP contribution < -0.4 is 5.32 Å². The van der Waals surface area contributed by atoms with Crippen LogP contribution in [0.25, 0.3) is 0 Å². The summed E-state index contributed by atoms with van der Waals surface area (Å²) in [6, 6.07) is -0.0358. The minimum absolute atomic E-state index is 0.0358. The molecule has 5 heteroatoms. The normalized spacial score (nSPS) is 12.5. The first-order valence-corrected chi connectivity index (χ1v) is 4.40. The van der Waals surface area contributed by atoms with Crippen molar-refractivity contribution < 1.29 is 9.53 Å². The van der Waals surface area contributed by atoms with Crippen LogP contribution in [0.15, 0.2) is 12.4 Å². The van der Waals surface area contributed by atoms with Gasteiger partial charge in [-0.15, -0.1) is 0 Å². The Labute approximate surface area is 83.1 Å². The molecule has 14 heavy (non-hydrogen) atoms. The lowest BCUT2D eigenvalue weighted by Gasteiger charge is -2.11. The molecule has 0 aromatic carbocycles. The summed E-state index contributed by atoms with van der Waals surface area (Å²) >= 11 is 0. The summed E-state index contributed by atoms with van der Waals surface area (Å²) in [7, 11) is 3.33. The Hall–Kier alpha value is -1.36. The van der Waals surface area contributed by atoms with Crippen molar-refractivity contribution in [3.8, 4) is 0 Å². The Morgan fingerprint density at radius 2 is 2.50 bits per heavy atom. The van der Waals surface area contributed by atoms with Crippen molar-refractivity contribution in [3.63, 3.8) is 0 Å². The third-order valence-electron chi connectivity index (χ3n) is 1.88. The van der Waals surface area contributed by atoms with Gasteiger partial charge in [0.25, 0.3) is 0 Å². The number of ether oxygens (including phenoxy) is 1. The molecule has 1 rings (SSSR count). The molecule has 1 aromatic heterocycles. The Kier molecular flexibility index (Phi) is 3.64.